The van der Waals surface area contributed by atoms with Gasteiger partial charge in [-0.1, -0.05) is 23.2 Å². The lowest BCUT2D eigenvalue weighted by Crippen LogP contribution is -2.10. The van der Waals surface area contributed by atoms with Crippen LogP contribution in [0.25, 0.3) is 0 Å². The van der Waals surface area contributed by atoms with Crippen LogP contribution >= 0.6 is 23.2 Å². The fourth-order valence-electron chi connectivity index (χ4n) is 1.49. The van der Waals surface area contributed by atoms with Crippen molar-refractivity contribution in [3.63, 3.8) is 0 Å². The fraction of sp³-hybridized carbons (Fsp3) is 0.0833. The first-order chi connectivity index (χ1) is 9.50. The van der Waals surface area contributed by atoms with Gasteiger partial charge in [-0.15, -0.1) is 0 Å². The van der Waals surface area contributed by atoms with E-state index in [4.69, 9.17) is 33.0 Å². The van der Waals surface area contributed by atoms with Gasteiger partial charge in [0, 0.05) is 11.8 Å². The zero-order valence-corrected chi connectivity index (χ0v) is 11.4. The molecular weight excluding hydrogens is 307 g/mol. The van der Waals surface area contributed by atoms with Gasteiger partial charge < -0.3 is 9.84 Å². The molecule has 6 nitrogen and oxygen atoms in total. The molecule has 0 atom stereocenters. The van der Waals surface area contributed by atoms with E-state index in [1.165, 1.54) is 24.4 Å². The molecule has 0 amide bonds. The molecule has 8 heteroatoms. The first kappa shape index (κ1) is 14.4. The average Bonchev–Trinajstić information content (AvgIpc) is 2.93. The van der Waals surface area contributed by atoms with Gasteiger partial charge in [0.1, 0.15) is 16.5 Å². The quantitative estimate of drug-likeness (QED) is 0.827. The molecule has 1 heterocycles. The molecule has 1 aromatic heterocycles. The highest BCUT2D eigenvalue weighted by atomic mass is 35.5. The van der Waals surface area contributed by atoms with Crippen molar-refractivity contribution in [2.24, 2.45) is 0 Å². The molecule has 0 spiro atoms. The molecule has 0 radical (unpaired) electrons. The maximum absolute atomic E-state index is 12.1. The first-order valence-electron chi connectivity index (χ1n) is 5.37. The second-order valence-corrected chi connectivity index (χ2v) is 4.48. The molecule has 0 saturated heterocycles. The van der Waals surface area contributed by atoms with Crippen LogP contribution in [-0.4, -0.2) is 33.7 Å². The molecule has 0 bridgehead atoms. The SMILES string of the molecule is O=C(O)COc1ccc(C(=O)c2ccn[nH]2)c(Cl)c1Cl. The van der Waals surface area contributed by atoms with Crippen LogP contribution < -0.4 is 4.74 Å². The predicted molar refractivity (Wildman–Crippen MR) is 71.6 cm³/mol. The predicted octanol–water partition coefficient (Wildman–Crippen LogP) is 2.41. The summed E-state index contributed by atoms with van der Waals surface area (Å²) in [6, 6.07) is 4.30. The zero-order chi connectivity index (χ0) is 14.7. The number of carbonyl (C=O) groups excluding carboxylic acids is 1. The standard InChI is InChI=1S/C12H8Cl2N2O4/c13-10-6(12(19)7-3-4-15-16-7)1-2-8(11(10)14)20-5-9(17)18/h1-4H,5H2,(H,15,16)(H,17,18). The Balaban J connectivity index is 2.31. The number of aromatic nitrogens is 2. The summed E-state index contributed by atoms with van der Waals surface area (Å²) >= 11 is 12.0. The molecule has 0 aliphatic heterocycles. The minimum atomic E-state index is -1.14. The maximum Gasteiger partial charge on any atom is 0.341 e. The van der Waals surface area contributed by atoms with Crippen molar-refractivity contribution in [3.05, 3.63) is 45.7 Å². The van der Waals surface area contributed by atoms with Crippen LogP contribution in [0, 0.1) is 0 Å². The summed E-state index contributed by atoms with van der Waals surface area (Å²) < 4.78 is 4.96. The second-order valence-electron chi connectivity index (χ2n) is 3.72. The largest absolute Gasteiger partial charge is 0.480 e. The van der Waals surface area contributed by atoms with Crippen LogP contribution in [0.2, 0.25) is 10.0 Å². The van der Waals surface area contributed by atoms with E-state index in [9.17, 15) is 9.59 Å². The normalized spacial score (nSPS) is 10.3. The number of rotatable bonds is 5. The van der Waals surface area contributed by atoms with Crippen LogP contribution in [0.15, 0.2) is 24.4 Å². The van der Waals surface area contributed by atoms with Crippen molar-refractivity contribution in [1.82, 2.24) is 10.2 Å². The number of nitrogens with one attached hydrogen (secondary N) is 1. The van der Waals surface area contributed by atoms with Gasteiger partial charge >= 0.3 is 5.97 Å². The molecule has 2 N–H and O–H groups in total. The van der Waals surface area contributed by atoms with Crippen molar-refractivity contribution < 1.29 is 19.4 Å². The summed E-state index contributed by atoms with van der Waals surface area (Å²) in [6.45, 7) is -0.552. The van der Waals surface area contributed by atoms with Crippen molar-refractivity contribution >= 4 is 35.0 Å². The number of hydrogen-bond donors (Lipinski definition) is 2. The summed E-state index contributed by atoms with van der Waals surface area (Å²) in [5.41, 5.74) is 0.436. The van der Waals surface area contributed by atoms with E-state index in [0.717, 1.165) is 0 Å². The number of benzene rings is 1. The number of H-pyrrole nitrogens is 1. The number of halogens is 2. The van der Waals surface area contributed by atoms with E-state index in [1.54, 1.807) is 0 Å². The van der Waals surface area contributed by atoms with E-state index in [-0.39, 0.29) is 32.8 Å². The molecule has 0 saturated carbocycles. The number of carboxylic acid groups (broad SMARTS) is 1. The number of nitrogens with zero attached hydrogens (tertiary/aromatic N) is 1. The van der Waals surface area contributed by atoms with Crippen LogP contribution in [0.3, 0.4) is 0 Å². The lowest BCUT2D eigenvalue weighted by molar-refractivity contribution is -0.139. The molecule has 0 aliphatic carbocycles. The van der Waals surface area contributed by atoms with Gasteiger partial charge in [-0.25, -0.2) is 4.79 Å². The summed E-state index contributed by atoms with van der Waals surface area (Å²) in [6.07, 6.45) is 1.44. The fourth-order valence-corrected chi connectivity index (χ4v) is 1.95. The number of aliphatic carboxylic acids is 1. The van der Waals surface area contributed by atoms with Crippen molar-refractivity contribution in [2.75, 3.05) is 6.61 Å². The number of aromatic amines is 1. The zero-order valence-electron chi connectivity index (χ0n) is 9.89. The summed E-state index contributed by atoms with van der Waals surface area (Å²) in [4.78, 5) is 22.5. The van der Waals surface area contributed by atoms with Crippen LogP contribution in [0.5, 0.6) is 5.75 Å². The second kappa shape index (κ2) is 5.94. The van der Waals surface area contributed by atoms with E-state index in [1.807, 2.05) is 0 Å². The number of ether oxygens (including phenoxy) is 1. The van der Waals surface area contributed by atoms with Gasteiger partial charge in [0.25, 0.3) is 0 Å². The van der Waals surface area contributed by atoms with Gasteiger partial charge in [0.15, 0.2) is 6.61 Å². The minimum absolute atomic E-state index is 0.00541. The monoisotopic (exact) mass is 314 g/mol. The first-order valence-corrected chi connectivity index (χ1v) is 6.13. The lowest BCUT2D eigenvalue weighted by atomic mass is 10.1. The van der Waals surface area contributed by atoms with Crippen LogP contribution in [0.4, 0.5) is 0 Å². The maximum atomic E-state index is 12.1. The summed E-state index contributed by atoms with van der Waals surface area (Å²) in [5, 5.41) is 14.7. The van der Waals surface area contributed by atoms with E-state index in [0.29, 0.717) is 0 Å². The Labute approximate surface area is 123 Å². The number of carboxylic acids is 1. The Bertz CT molecular complexity index is 656. The Kier molecular flexibility index (Phi) is 4.26. The number of ketones is 1. The molecule has 2 rings (SSSR count). The Hall–Kier alpha value is -2.05. The Morgan fingerprint density at radius 1 is 1.25 bits per heavy atom. The molecule has 0 aliphatic rings. The third-order valence-corrected chi connectivity index (χ3v) is 3.25. The van der Waals surface area contributed by atoms with E-state index in [2.05, 4.69) is 10.2 Å². The van der Waals surface area contributed by atoms with Gasteiger partial charge in [-0.3, -0.25) is 9.89 Å². The van der Waals surface area contributed by atoms with Crippen molar-refractivity contribution in [3.8, 4) is 5.75 Å². The van der Waals surface area contributed by atoms with Crippen LogP contribution in [-0.2, 0) is 4.79 Å². The van der Waals surface area contributed by atoms with Crippen molar-refractivity contribution in [1.29, 1.82) is 0 Å². The molecule has 0 fully saturated rings. The Morgan fingerprint density at radius 3 is 2.60 bits per heavy atom. The topological polar surface area (TPSA) is 92.3 Å². The Morgan fingerprint density at radius 2 is 2.00 bits per heavy atom. The highest BCUT2D eigenvalue weighted by molar-refractivity contribution is 6.45. The molecular formula is C12H8Cl2N2O4. The molecule has 104 valence electrons. The van der Waals surface area contributed by atoms with Crippen LogP contribution in [0.1, 0.15) is 16.1 Å². The third-order valence-electron chi connectivity index (χ3n) is 2.39. The van der Waals surface area contributed by atoms with Gasteiger partial charge in [-0.05, 0) is 18.2 Å². The molecule has 20 heavy (non-hydrogen) atoms. The molecule has 0 unspecified atom stereocenters. The van der Waals surface area contributed by atoms with E-state index < -0.39 is 12.6 Å². The summed E-state index contributed by atoms with van der Waals surface area (Å²) in [7, 11) is 0. The van der Waals surface area contributed by atoms with Gasteiger partial charge in [0.05, 0.1) is 5.02 Å². The van der Waals surface area contributed by atoms with Gasteiger partial charge in [0.2, 0.25) is 5.78 Å². The number of carbonyl (C=O) groups is 2. The molecule has 1 aromatic carbocycles. The van der Waals surface area contributed by atoms with Crippen molar-refractivity contribution in [2.45, 2.75) is 0 Å². The highest BCUT2D eigenvalue weighted by Gasteiger charge is 2.19. The third kappa shape index (κ3) is 2.92. The summed E-state index contributed by atoms with van der Waals surface area (Å²) in [5.74, 6) is -1.42. The number of hydrogen-bond acceptors (Lipinski definition) is 4. The average molecular weight is 315 g/mol. The van der Waals surface area contributed by atoms with Gasteiger partial charge in [-0.2, -0.15) is 5.10 Å². The molecule has 2 aromatic rings. The van der Waals surface area contributed by atoms with E-state index >= 15 is 0 Å². The lowest BCUT2D eigenvalue weighted by Gasteiger charge is -2.09. The smallest absolute Gasteiger partial charge is 0.341 e. The minimum Gasteiger partial charge on any atom is -0.480 e. The highest BCUT2D eigenvalue weighted by Crippen LogP contribution is 2.35.